The van der Waals surface area contributed by atoms with Gasteiger partial charge in [-0.25, -0.2) is 4.99 Å². The lowest BCUT2D eigenvalue weighted by atomic mass is 9.88. The molecule has 158 valence electrons. The molecule has 0 aromatic carbocycles. The van der Waals surface area contributed by atoms with Crippen LogP contribution >= 0.6 is 24.0 Å². The van der Waals surface area contributed by atoms with E-state index in [9.17, 15) is 4.79 Å². The molecule has 7 heteroatoms. The highest BCUT2D eigenvalue weighted by molar-refractivity contribution is 14.0. The minimum Gasteiger partial charge on any atom is -0.466 e. The summed E-state index contributed by atoms with van der Waals surface area (Å²) in [5.74, 6) is 3.28. The molecular weight excluding hydrogens is 467 g/mol. The molecule has 1 amide bonds. The van der Waals surface area contributed by atoms with E-state index in [4.69, 9.17) is 9.41 Å². The van der Waals surface area contributed by atoms with E-state index in [1.165, 1.54) is 19.3 Å². The van der Waals surface area contributed by atoms with Crippen molar-refractivity contribution in [1.82, 2.24) is 15.5 Å². The Morgan fingerprint density at radius 3 is 2.64 bits per heavy atom. The molecule has 1 aliphatic carbocycles. The largest absolute Gasteiger partial charge is 0.466 e. The summed E-state index contributed by atoms with van der Waals surface area (Å²) in [6.07, 6.45) is 6.81. The molecule has 1 aliphatic heterocycles. The molecule has 0 radical (unpaired) electrons. The van der Waals surface area contributed by atoms with E-state index in [-0.39, 0.29) is 35.9 Å². The first kappa shape index (κ1) is 23.0. The standard InChI is InChI=1S/C21H34N4O2.HI/c1-4-22-21(23-13-18-12-15(2)27-16(18)3)24-19-10-11-25(14-19)20(26)17-8-6-5-7-9-17;/h12,17,19H,4-11,13-14H2,1-3H3,(H2,22,23,24);1H. The van der Waals surface area contributed by atoms with Gasteiger partial charge in [0.1, 0.15) is 11.5 Å². The van der Waals surface area contributed by atoms with E-state index in [0.29, 0.717) is 12.5 Å². The van der Waals surface area contributed by atoms with E-state index in [0.717, 1.165) is 61.9 Å². The molecular formula is C21H35IN4O2. The first-order valence-electron chi connectivity index (χ1n) is 10.5. The second-order valence-corrected chi connectivity index (χ2v) is 7.88. The van der Waals surface area contributed by atoms with Crippen LogP contribution in [0.15, 0.2) is 15.5 Å². The van der Waals surface area contributed by atoms with Crippen LogP contribution in [0.25, 0.3) is 0 Å². The number of nitrogens with one attached hydrogen (secondary N) is 2. The first-order valence-corrected chi connectivity index (χ1v) is 10.5. The number of hydrogen-bond acceptors (Lipinski definition) is 3. The average molecular weight is 502 g/mol. The van der Waals surface area contributed by atoms with Gasteiger partial charge in [-0.3, -0.25) is 4.79 Å². The summed E-state index contributed by atoms with van der Waals surface area (Å²) in [5.41, 5.74) is 1.12. The Morgan fingerprint density at radius 1 is 1.25 bits per heavy atom. The van der Waals surface area contributed by atoms with Crippen molar-refractivity contribution in [2.24, 2.45) is 10.9 Å². The van der Waals surface area contributed by atoms with Gasteiger partial charge in [0, 0.05) is 37.2 Å². The predicted octanol–water partition coefficient (Wildman–Crippen LogP) is 3.75. The molecule has 3 rings (SSSR count). The second kappa shape index (κ2) is 11.1. The Labute approximate surface area is 185 Å². The summed E-state index contributed by atoms with van der Waals surface area (Å²) >= 11 is 0. The summed E-state index contributed by atoms with van der Waals surface area (Å²) in [7, 11) is 0. The monoisotopic (exact) mass is 502 g/mol. The van der Waals surface area contributed by atoms with E-state index < -0.39 is 0 Å². The maximum Gasteiger partial charge on any atom is 0.225 e. The lowest BCUT2D eigenvalue weighted by molar-refractivity contribution is -0.135. The normalized spacial score (nSPS) is 20.8. The van der Waals surface area contributed by atoms with Gasteiger partial charge in [0.05, 0.1) is 6.54 Å². The zero-order valence-electron chi connectivity index (χ0n) is 17.4. The molecule has 0 spiro atoms. The summed E-state index contributed by atoms with van der Waals surface area (Å²) in [4.78, 5) is 19.5. The Kier molecular flexibility index (Phi) is 9.11. The summed E-state index contributed by atoms with van der Waals surface area (Å²) in [6, 6.07) is 2.31. The number of guanidine groups is 1. The number of halogens is 1. The van der Waals surface area contributed by atoms with Crippen molar-refractivity contribution < 1.29 is 9.21 Å². The van der Waals surface area contributed by atoms with Crippen LogP contribution in [0.5, 0.6) is 0 Å². The van der Waals surface area contributed by atoms with E-state index in [2.05, 4.69) is 22.5 Å². The maximum absolute atomic E-state index is 12.7. The van der Waals surface area contributed by atoms with Crippen LogP contribution in [0.2, 0.25) is 0 Å². The van der Waals surface area contributed by atoms with Gasteiger partial charge in [0.25, 0.3) is 0 Å². The maximum atomic E-state index is 12.7. The number of carbonyl (C=O) groups excluding carboxylic acids is 1. The van der Waals surface area contributed by atoms with Crippen molar-refractivity contribution in [3.63, 3.8) is 0 Å². The van der Waals surface area contributed by atoms with Crippen molar-refractivity contribution in [3.8, 4) is 0 Å². The second-order valence-electron chi connectivity index (χ2n) is 7.88. The SMILES string of the molecule is CCNC(=NCc1cc(C)oc1C)NC1CCN(C(=O)C2CCCCC2)C1.I. The van der Waals surface area contributed by atoms with Gasteiger partial charge in [0.15, 0.2) is 5.96 Å². The molecule has 1 saturated carbocycles. The zero-order chi connectivity index (χ0) is 19.2. The van der Waals surface area contributed by atoms with Crippen LogP contribution in [0, 0.1) is 19.8 Å². The molecule has 1 saturated heterocycles. The van der Waals surface area contributed by atoms with Crippen LogP contribution in [-0.4, -0.2) is 42.4 Å². The number of furan rings is 1. The minimum absolute atomic E-state index is 0. The summed E-state index contributed by atoms with van der Waals surface area (Å²) in [5, 5.41) is 6.83. The molecule has 1 aromatic rings. The minimum atomic E-state index is 0. The Bertz CT molecular complexity index is 667. The Morgan fingerprint density at radius 2 is 2.00 bits per heavy atom. The fraction of sp³-hybridized carbons (Fsp3) is 0.714. The highest BCUT2D eigenvalue weighted by atomic mass is 127. The zero-order valence-corrected chi connectivity index (χ0v) is 19.8. The number of nitrogens with zero attached hydrogens (tertiary/aromatic N) is 2. The van der Waals surface area contributed by atoms with Crippen molar-refractivity contribution in [3.05, 3.63) is 23.2 Å². The highest BCUT2D eigenvalue weighted by Crippen LogP contribution is 2.26. The van der Waals surface area contributed by atoms with Crippen LogP contribution in [-0.2, 0) is 11.3 Å². The van der Waals surface area contributed by atoms with Crippen molar-refractivity contribution in [2.45, 2.75) is 71.9 Å². The van der Waals surface area contributed by atoms with Gasteiger partial charge in [-0.05, 0) is 46.1 Å². The van der Waals surface area contributed by atoms with Crippen LogP contribution in [0.3, 0.4) is 0 Å². The lowest BCUT2D eigenvalue weighted by Gasteiger charge is -2.26. The third-order valence-corrected chi connectivity index (χ3v) is 5.69. The van der Waals surface area contributed by atoms with Gasteiger partial charge in [-0.1, -0.05) is 19.3 Å². The molecule has 2 N–H and O–H groups in total. The van der Waals surface area contributed by atoms with Crippen molar-refractivity contribution >= 4 is 35.8 Å². The molecule has 1 unspecified atom stereocenters. The fourth-order valence-electron chi connectivity index (χ4n) is 4.20. The third-order valence-electron chi connectivity index (χ3n) is 5.69. The van der Waals surface area contributed by atoms with Crippen molar-refractivity contribution in [2.75, 3.05) is 19.6 Å². The summed E-state index contributed by atoms with van der Waals surface area (Å²) in [6.45, 7) is 9.04. The van der Waals surface area contributed by atoms with Crippen LogP contribution < -0.4 is 10.6 Å². The molecule has 1 atom stereocenters. The molecule has 0 bridgehead atoms. The van der Waals surface area contributed by atoms with Gasteiger partial charge in [-0.15, -0.1) is 24.0 Å². The van der Waals surface area contributed by atoms with E-state index in [1.54, 1.807) is 0 Å². The lowest BCUT2D eigenvalue weighted by Crippen LogP contribution is -2.45. The fourth-order valence-corrected chi connectivity index (χ4v) is 4.20. The van der Waals surface area contributed by atoms with Crippen molar-refractivity contribution in [1.29, 1.82) is 0 Å². The number of likely N-dealkylation sites (tertiary alicyclic amines) is 1. The molecule has 6 nitrogen and oxygen atoms in total. The Balaban J connectivity index is 0.00000280. The van der Waals surface area contributed by atoms with E-state index in [1.807, 2.05) is 19.9 Å². The predicted molar refractivity (Wildman–Crippen MR) is 123 cm³/mol. The van der Waals surface area contributed by atoms with Crippen LogP contribution in [0.1, 0.15) is 62.5 Å². The van der Waals surface area contributed by atoms with Gasteiger partial charge >= 0.3 is 0 Å². The van der Waals surface area contributed by atoms with Gasteiger partial charge < -0.3 is 20.0 Å². The topological polar surface area (TPSA) is 69.9 Å². The number of hydrogen-bond donors (Lipinski definition) is 2. The van der Waals surface area contributed by atoms with Gasteiger partial charge in [-0.2, -0.15) is 0 Å². The molecule has 2 aliphatic rings. The first-order chi connectivity index (χ1) is 13.1. The molecule has 2 heterocycles. The number of aryl methyl sites for hydroxylation is 2. The molecule has 2 fully saturated rings. The number of rotatable bonds is 5. The highest BCUT2D eigenvalue weighted by Gasteiger charge is 2.31. The number of carbonyl (C=O) groups is 1. The van der Waals surface area contributed by atoms with Gasteiger partial charge in [0.2, 0.25) is 5.91 Å². The smallest absolute Gasteiger partial charge is 0.225 e. The molecule has 28 heavy (non-hydrogen) atoms. The Hall–Kier alpha value is -1.25. The average Bonchev–Trinajstić information content (AvgIpc) is 3.26. The quantitative estimate of drug-likeness (QED) is 0.366. The summed E-state index contributed by atoms with van der Waals surface area (Å²) < 4.78 is 5.58. The molecule has 1 aromatic heterocycles. The van der Waals surface area contributed by atoms with Crippen LogP contribution in [0.4, 0.5) is 0 Å². The number of amides is 1. The number of aliphatic imine (C=N–C) groups is 1. The van der Waals surface area contributed by atoms with E-state index >= 15 is 0 Å². The third kappa shape index (κ3) is 6.12.